The van der Waals surface area contributed by atoms with Gasteiger partial charge in [-0.3, -0.25) is 14.5 Å². The van der Waals surface area contributed by atoms with E-state index in [0.29, 0.717) is 19.0 Å². The van der Waals surface area contributed by atoms with E-state index in [1.54, 1.807) is 4.90 Å². The van der Waals surface area contributed by atoms with Crippen molar-refractivity contribution in [3.63, 3.8) is 0 Å². The Morgan fingerprint density at radius 3 is 2.52 bits per heavy atom. The van der Waals surface area contributed by atoms with E-state index in [2.05, 4.69) is 42.3 Å². The first-order valence-electron chi connectivity index (χ1n) is 12.3. The summed E-state index contributed by atoms with van der Waals surface area (Å²) in [6.45, 7) is 12.7. The van der Waals surface area contributed by atoms with Gasteiger partial charge in [-0.2, -0.15) is 0 Å². The molecule has 1 N–H and O–H groups in total. The molecule has 0 radical (unpaired) electrons. The molecular weight excluding hydrogens is 410 g/mol. The molecule has 2 heterocycles. The number of nitrogens with zero attached hydrogens (tertiary/aromatic N) is 2. The van der Waals surface area contributed by atoms with Crippen LogP contribution in [-0.4, -0.2) is 47.3 Å². The zero-order valence-corrected chi connectivity index (χ0v) is 20.4. The Hall–Kier alpha value is -2.66. The summed E-state index contributed by atoms with van der Waals surface area (Å²) in [5, 5.41) is 3.19. The summed E-state index contributed by atoms with van der Waals surface area (Å²) in [6, 6.07) is 13.9. The quantitative estimate of drug-likeness (QED) is 0.688. The second-order valence-electron chi connectivity index (χ2n) is 10.2. The van der Waals surface area contributed by atoms with Gasteiger partial charge in [0.05, 0.1) is 0 Å². The number of carbonyl (C=O) groups is 2. The van der Waals surface area contributed by atoms with Gasteiger partial charge in [-0.15, -0.1) is 0 Å². The molecule has 2 aliphatic rings. The largest absolute Gasteiger partial charge is 0.354 e. The van der Waals surface area contributed by atoms with Crippen molar-refractivity contribution in [1.29, 1.82) is 0 Å². The lowest BCUT2D eigenvalue weighted by molar-refractivity contribution is -0.127. The number of hydrogen-bond donors (Lipinski definition) is 1. The van der Waals surface area contributed by atoms with E-state index < -0.39 is 6.04 Å². The molecule has 5 nitrogen and oxygen atoms in total. The number of carbonyl (C=O) groups excluding carboxylic acids is 2. The summed E-state index contributed by atoms with van der Waals surface area (Å²) in [5.74, 6) is 0.494. The van der Waals surface area contributed by atoms with Crippen LogP contribution in [0.4, 0.5) is 0 Å². The number of nitrogens with one attached hydrogen (secondary N) is 1. The van der Waals surface area contributed by atoms with Gasteiger partial charge in [-0.1, -0.05) is 55.8 Å². The molecular formula is C28H37N3O2. The molecule has 0 bridgehead atoms. The van der Waals surface area contributed by atoms with Crippen LogP contribution in [0.25, 0.3) is 0 Å². The minimum absolute atomic E-state index is 0.0241. The molecule has 2 aromatic carbocycles. The van der Waals surface area contributed by atoms with Gasteiger partial charge >= 0.3 is 0 Å². The monoisotopic (exact) mass is 447 g/mol. The van der Waals surface area contributed by atoms with Crippen molar-refractivity contribution in [2.45, 2.75) is 59.7 Å². The number of likely N-dealkylation sites (tertiary alicyclic amines) is 1. The molecule has 4 rings (SSSR count). The SMILES string of the molecule is Cc1ccc(C)c(CN2CCC(CNC(=O)[C@H](C(C)C)N3Cc4ccccc4C3=O)CC2)c1. The highest BCUT2D eigenvalue weighted by Crippen LogP contribution is 2.27. The standard InChI is InChI=1S/C28H37N3O2/c1-19(2)26(31-18-23-7-5-6-8-25(23)28(31)33)27(32)29-16-22-11-13-30(14-12-22)17-24-15-20(3)9-10-21(24)4/h5-10,15,19,22,26H,11-14,16-18H2,1-4H3,(H,29,32)/t26-/m0/s1. The van der Waals surface area contributed by atoms with Crippen molar-refractivity contribution < 1.29 is 9.59 Å². The maximum absolute atomic E-state index is 13.2. The van der Waals surface area contributed by atoms with Crippen molar-refractivity contribution >= 4 is 11.8 Å². The molecule has 2 aliphatic heterocycles. The first-order valence-corrected chi connectivity index (χ1v) is 12.3. The number of hydrogen-bond acceptors (Lipinski definition) is 3. The molecule has 1 atom stereocenters. The molecule has 0 spiro atoms. The van der Waals surface area contributed by atoms with Crippen molar-refractivity contribution in [1.82, 2.24) is 15.1 Å². The molecule has 1 saturated heterocycles. The van der Waals surface area contributed by atoms with Gasteiger partial charge in [0.1, 0.15) is 6.04 Å². The normalized spacial score (nSPS) is 18.0. The Bertz CT molecular complexity index is 1010. The number of amides is 2. The lowest BCUT2D eigenvalue weighted by Gasteiger charge is -2.34. The van der Waals surface area contributed by atoms with Crippen LogP contribution >= 0.6 is 0 Å². The topological polar surface area (TPSA) is 52.7 Å². The second-order valence-corrected chi connectivity index (χ2v) is 10.2. The summed E-state index contributed by atoms with van der Waals surface area (Å²) in [7, 11) is 0. The first-order chi connectivity index (χ1) is 15.8. The maximum Gasteiger partial charge on any atom is 0.255 e. The summed E-state index contributed by atoms with van der Waals surface area (Å²) in [6.07, 6.45) is 2.18. The van der Waals surface area contributed by atoms with Gasteiger partial charge in [0.25, 0.3) is 5.91 Å². The number of aryl methyl sites for hydroxylation is 2. The maximum atomic E-state index is 13.2. The molecule has 5 heteroatoms. The molecule has 0 aromatic heterocycles. The van der Waals surface area contributed by atoms with Crippen LogP contribution in [0.15, 0.2) is 42.5 Å². The van der Waals surface area contributed by atoms with Gasteiger partial charge in [0.15, 0.2) is 0 Å². The van der Waals surface area contributed by atoms with E-state index in [9.17, 15) is 9.59 Å². The van der Waals surface area contributed by atoms with Crippen LogP contribution in [0.1, 0.15) is 59.3 Å². The van der Waals surface area contributed by atoms with Gasteiger partial charge in [-0.25, -0.2) is 0 Å². The molecule has 2 amide bonds. The highest BCUT2D eigenvalue weighted by atomic mass is 16.2. The van der Waals surface area contributed by atoms with E-state index >= 15 is 0 Å². The molecule has 0 saturated carbocycles. The Balaban J connectivity index is 1.29. The van der Waals surface area contributed by atoms with Gasteiger partial charge in [-0.05, 0) is 74.4 Å². The van der Waals surface area contributed by atoms with E-state index in [4.69, 9.17) is 0 Å². The predicted octanol–water partition coefficient (Wildman–Crippen LogP) is 4.31. The highest BCUT2D eigenvalue weighted by molar-refractivity contribution is 6.01. The van der Waals surface area contributed by atoms with Crippen LogP contribution in [0, 0.1) is 25.7 Å². The third kappa shape index (κ3) is 5.30. The fourth-order valence-corrected chi connectivity index (χ4v) is 5.22. The van der Waals surface area contributed by atoms with Crippen LogP contribution in [-0.2, 0) is 17.9 Å². The van der Waals surface area contributed by atoms with Crippen LogP contribution in [0.5, 0.6) is 0 Å². The van der Waals surface area contributed by atoms with E-state index in [1.807, 2.05) is 38.1 Å². The number of fused-ring (bicyclic) bond motifs is 1. The van der Waals surface area contributed by atoms with Crippen LogP contribution in [0.3, 0.4) is 0 Å². The Kier molecular flexibility index (Phi) is 7.18. The fraction of sp³-hybridized carbons (Fsp3) is 0.500. The summed E-state index contributed by atoms with van der Waals surface area (Å²) < 4.78 is 0. The van der Waals surface area contributed by atoms with Crippen LogP contribution in [0.2, 0.25) is 0 Å². The smallest absolute Gasteiger partial charge is 0.255 e. The highest BCUT2D eigenvalue weighted by Gasteiger charge is 2.38. The predicted molar refractivity (Wildman–Crippen MR) is 132 cm³/mol. The van der Waals surface area contributed by atoms with Crippen molar-refractivity contribution in [3.05, 3.63) is 70.3 Å². The third-order valence-corrected chi connectivity index (χ3v) is 7.26. The van der Waals surface area contributed by atoms with E-state index in [0.717, 1.165) is 43.6 Å². The fourth-order valence-electron chi connectivity index (χ4n) is 5.22. The molecule has 0 unspecified atom stereocenters. The Morgan fingerprint density at radius 2 is 1.82 bits per heavy atom. The van der Waals surface area contributed by atoms with Gasteiger partial charge in [0.2, 0.25) is 5.91 Å². The van der Waals surface area contributed by atoms with Crippen LogP contribution < -0.4 is 5.32 Å². The van der Waals surface area contributed by atoms with Gasteiger partial charge in [0, 0.05) is 25.2 Å². The molecule has 33 heavy (non-hydrogen) atoms. The molecule has 2 aromatic rings. The molecule has 1 fully saturated rings. The Labute approximate surface area is 198 Å². The summed E-state index contributed by atoms with van der Waals surface area (Å²) in [5.41, 5.74) is 5.82. The molecule has 176 valence electrons. The minimum atomic E-state index is -0.436. The zero-order valence-electron chi connectivity index (χ0n) is 20.4. The first kappa shape index (κ1) is 23.5. The lowest BCUT2D eigenvalue weighted by Crippen LogP contribution is -2.51. The minimum Gasteiger partial charge on any atom is -0.354 e. The number of benzene rings is 2. The average Bonchev–Trinajstić information content (AvgIpc) is 3.12. The summed E-state index contributed by atoms with van der Waals surface area (Å²) in [4.78, 5) is 30.4. The van der Waals surface area contributed by atoms with Crippen molar-refractivity contribution in [2.75, 3.05) is 19.6 Å². The van der Waals surface area contributed by atoms with E-state index in [-0.39, 0.29) is 17.7 Å². The number of piperidine rings is 1. The van der Waals surface area contributed by atoms with E-state index in [1.165, 1.54) is 16.7 Å². The number of rotatable bonds is 7. The Morgan fingerprint density at radius 1 is 1.09 bits per heavy atom. The summed E-state index contributed by atoms with van der Waals surface area (Å²) >= 11 is 0. The van der Waals surface area contributed by atoms with Crippen molar-refractivity contribution in [2.24, 2.45) is 11.8 Å². The average molecular weight is 448 g/mol. The second kappa shape index (κ2) is 10.1. The zero-order chi connectivity index (χ0) is 23.5. The lowest BCUT2D eigenvalue weighted by atomic mass is 9.95. The third-order valence-electron chi connectivity index (χ3n) is 7.26. The molecule has 0 aliphatic carbocycles. The van der Waals surface area contributed by atoms with Crippen molar-refractivity contribution in [3.8, 4) is 0 Å². The van der Waals surface area contributed by atoms with Gasteiger partial charge < -0.3 is 10.2 Å².